The van der Waals surface area contributed by atoms with E-state index in [4.69, 9.17) is 0 Å². The number of hydrogen-bond acceptors (Lipinski definition) is 3. The van der Waals surface area contributed by atoms with E-state index in [-0.39, 0.29) is 18.5 Å². The average Bonchev–Trinajstić information content (AvgIpc) is 3.08. The van der Waals surface area contributed by atoms with E-state index in [9.17, 15) is 4.79 Å². The third-order valence-corrected chi connectivity index (χ3v) is 4.78. The Morgan fingerprint density at radius 1 is 1.29 bits per heavy atom. The van der Waals surface area contributed by atoms with Gasteiger partial charge in [-0.1, -0.05) is 19.1 Å². The number of carbonyl (C=O) groups is 1. The topological polar surface area (TPSA) is 50.2 Å². The molecule has 1 aliphatic rings. The first-order valence-electron chi connectivity index (χ1n) is 8.73. The molecule has 1 amide bonds. The molecule has 3 rings (SSSR count). The molecule has 0 radical (unpaired) electrons. The van der Waals surface area contributed by atoms with Crippen molar-refractivity contribution in [1.82, 2.24) is 15.1 Å². The molecule has 0 spiro atoms. The van der Waals surface area contributed by atoms with Crippen molar-refractivity contribution in [3.8, 4) is 0 Å². The molecular weight excluding hydrogens is 300 g/mol. The van der Waals surface area contributed by atoms with Gasteiger partial charge in [0.15, 0.2) is 0 Å². The highest BCUT2D eigenvalue weighted by atomic mass is 16.2. The van der Waals surface area contributed by atoms with Gasteiger partial charge in [0.25, 0.3) is 0 Å². The Morgan fingerprint density at radius 3 is 2.62 bits per heavy atom. The lowest BCUT2D eigenvalue weighted by atomic mass is 9.98. The zero-order valence-corrected chi connectivity index (χ0v) is 14.5. The van der Waals surface area contributed by atoms with E-state index in [1.165, 1.54) is 18.5 Å². The van der Waals surface area contributed by atoms with Crippen LogP contribution in [0.1, 0.15) is 38.3 Å². The largest absolute Gasteiger partial charge is 0.372 e. The molecule has 5 heteroatoms. The third kappa shape index (κ3) is 4.16. The molecule has 1 aromatic heterocycles. The van der Waals surface area contributed by atoms with Crippen molar-refractivity contribution in [3.63, 3.8) is 0 Å². The van der Waals surface area contributed by atoms with Crippen molar-refractivity contribution in [2.24, 2.45) is 5.92 Å². The number of carbonyl (C=O) groups excluding carboxylic acids is 1. The Balaban J connectivity index is 1.55. The van der Waals surface area contributed by atoms with Crippen molar-refractivity contribution < 1.29 is 4.79 Å². The monoisotopic (exact) mass is 326 g/mol. The maximum absolute atomic E-state index is 12.1. The first kappa shape index (κ1) is 16.6. The van der Waals surface area contributed by atoms with E-state index in [0.717, 1.165) is 24.6 Å². The number of nitrogens with one attached hydrogen (secondary N) is 1. The molecule has 128 valence electrons. The minimum absolute atomic E-state index is 0.0107. The van der Waals surface area contributed by atoms with E-state index in [1.54, 1.807) is 17.1 Å². The summed E-state index contributed by atoms with van der Waals surface area (Å²) in [7, 11) is 0. The van der Waals surface area contributed by atoms with E-state index in [1.807, 2.05) is 13.0 Å². The number of anilines is 1. The van der Waals surface area contributed by atoms with Gasteiger partial charge in [0, 0.05) is 31.2 Å². The number of amides is 1. The smallest absolute Gasteiger partial charge is 0.242 e. The van der Waals surface area contributed by atoms with Crippen molar-refractivity contribution in [2.45, 2.75) is 39.3 Å². The molecule has 1 saturated heterocycles. The number of hydrogen-bond donors (Lipinski definition) is 1. The summed E-state index contributed by atoms with van der Waals surface area (Å²) in [4.78, 5) is 14.5. The first-order valence-corrected chi connectivity index (χ1v) is 8.73. The van der Waals surface area contributed by atoms with Crippen LogP contribution >= 0.6 is 0 Å². The maximum atomic E-state index is 12.1. The molecule has 2 heterocycles. The molecule has 0 aliphatic carbocycles. The summed E-state index contributed by atoms with van der Waals surface area (Å²) in [5.74, 6) is 0.811. The SMILES string of the molecule is CC1CCN(c2ccc([C@@H](C)NC(=O)Cn3cccn3)cc2)CC1. The number of aromatic nitrogens is 2. The van der Waals surface area contributed by atoms with Crippen LogP contribution in [0.3, 0.4) is 0 Å². The van der Waals surface area contributed by atoms with Crippen LogP contribution in [0.5, 0.6) is 0 Å². The molecule has 1 aromatic carbocycles. The van der Waals surface area contributed by atoms with Gasteiger partial charge in [0.1, 0.15) is 6.54 Å². The van der Waals surface area contributed by atoms with E-state index >= 15 is 0 Å². The van der Waals surface area contributed by atoms with Crippen LogP contribution in [-0.2, 0) is 11.3 Å². The highest BCUT2D eigenvalue weighted by Crippen LogP contribution is 2.24. The van der Waals surface area contributed by atoms with Crippen molar-refractivity contribution in [1.29, 1.82) is 0 Å². The molecule has 0 unspecified atom stereocenters. The summed E-state index contributed by atoms with van der Waals surface area (Å²) in [6.07, 6.45) is 6.00. The maximum Gasteiger partial charge on any atom is 0.242 e. The Morgan fingerprint density at radius 2 is 2.00 bits per heavy atom. The van der Waals surface area contributed by atoms with Crippen LogP contribution < -0.4 is 10.2 Å². The number of rotatable bonds is 5. The summed E-state index contributed by atoms with van der Waals surface area (Å²) in [5, 5.41) is 7.08. The van der Waals surface area contributed by atoms with Crippen molar-refractivity contribution in [3.05, 3.63) is 48.3 Å². The van der Waals surface area contributed by atoms with Crippen LogP contribution in [0.25, 0.3) is 0 Å². The lowest BCUT2D eigenvalue weighted by Crippen LogP contribution is -2.33. The molecule has 1 atom stereocenters. The van der Waals surface area contributed by atoms with E-state index in [2.05, 4.69) is 46.5 Å². The normalized spacial score (nSPS) is 16.8. The summed E-state index contributed by atoms with van der Waals surface area (Å²) < 4.78 is 1.63. The highest BCUT2D eigenvalue weighted by Gasteiger charge is 2.16. The van der Waals surface area contributed by atoms with Gasteiger partial charge in [-0.25, -0.2) is 0 Å². The summed E-state index contributed by atoms with van der Waals surface area (Å²) >= 11 is 0. The Hall–Kier alpha value is -2.30. The van der Waals surface area contributed by atoms with Crippen LogP contribution in [0.15, 0.2) is 42.7 Å². The molecule has 1 fully saturated rings. The van der Waals surface area contributed by atoms with Gasteiger partial charge in [-0.3, -0.25) is 9.48 Å². The van der Waals surface area contributed by atoms with E-state index < -0.39 is 0 Å². The fraction of sp³-hybridized carbons (Fsp3) is 0.474. The number of nitrogens with zero attached hydrogens (tertiary/aromatic N) is 3. The van der Waals surface area contributed by atoms with Crippen molar-refractivity contribution in [2.75, 3.05) is 18.0 Å². The molecule has 0 bridgehead atoms. The van der Waals surface area contributed by atoms with Crippen LogP contribution in [0.4, 0.5) is 5.69 Å². The third-order valence-electron chi connectivity index (χ3n) is 4.78. The highest BCUT2D eigenvalue weighted by molar-refractivity contribution is 5.76. The number of piperidine rings is 1. The predicted molar refractivity (Wildman–Crippen MR) is 95.8 cm³/mol. The van der Waals surface area contributed by atoms with Crippen molar-refractivity contribution >= 4 is 11.6 Å². The van der Waals surface area contributed by atoms with Gasteiger partial charge in [-0.2, -0.15) is 5.10 Å². The van der Waals surface area contributed by atoms with Gasteiger partial charge in [0.2, 0.25) is 5.91 Å². The van der Waals surface area contributed by atoms with Gasteiger partial charge in [-0.15, -0.1) is 0 Å². The quantitative estimate of drug-likeness (QED) is 0.919. The Kier molecular flexibility index (Phi) is 5.18. The zero-order valence-electron chi connectivity index (χ0n) is 14.5. The van der Waals surface area contributed by atoms with E-state index in [0.29, 0.717) is 0 Å². The van der Waals surface area contributed by atoms with Crippen LogP contribution in [0.2, 0.25) is 0 Å². The minimum atomic E-state index is -0.0275. The predicted octanol–water partition coefficient (Wildman–Crippen LogP) is 3.00. The second-order valence-electron chi connectivity index (χ2n) is 6.75. The second-order valence-corrected chi connectivity index (χ2v) is 6.75. The molecule has 0 saturated carbocycles. The number of benzene rings is 1. The lowest BCUT2D eigenvalue weighted by molar-refractivity contribution is -0.122. The molecule has 1 N–H and O–H groups in total. The van der Waals surface area contributed by atoms with Gasteiger partial charge >= 0.3 is 0 Å². The van der Waals surface area contributed by atoms with Crippen LogP contribution in [0, 0.1) is 5.92 Å². The zero-order chi connectivity index (χ0) is 16.9. The van der Waals surface area contributed by atoms with Gasteiger partial charge < -0.3 is 10.2 Å². The summed E-state index contributed by atoms with van der Waals surface area (Å²) in [6, 6.07) is 10.4. The summed E-state index contributed by atoms with van der Waals surface area (Å²) in [5.41, 5.74) is 2.40. The fourth-order valence-corrected chi connectivity index (χ4v) is 3.15. The first-order chi connectivity index (χ1) is 11.6. The van der Waals surface area contributed by atoms with Gasteiger partial charge in [0.05, 0.1) is 6.04 Å². The Bertz CT molecular complexity index is 643. The molecule has 1 aliphatic heterocycles. The Labute approximate surface area is 143 Å². The lowest BCUT2D eigenvalue weighted by Gasteiger charge is -2.32. The minimum Gasteiger partial charge on any atom is -0.372 e. The van der Waals surface area contributed by atoms with Crippen LogP contribution in [-0.4, -0.2) is 28.8 Å². The summed E-state index contributed by atoms with van der Waals surface area (Å²) in [6.45, 7) is 6.86. The average molecular weight is 326 g/mol. The molecule has 24 heavy (non-hydrogen) atoms. The molecule has 5 nitrogen and oxygen atoms in total. The standard InChI is InChI=1S/C19H26N4O/c1-15-8-12-22(13-9-15)18-6-4-17(5-7-18)16(2)21-19(24)14-23-11-3-10-20-23/h3-7,10-11,15-16H,8-9,12-14H2,1-2H3,(H,21,24)/t16-/m1/s1. The van der Waals surface area contributed by atoms with Gasteiger partial charge in [-0.05, 0) is 49.4 Å². The fourth-order valence-electron chi connectivity index (χ4n) is 3.15. The second kappa shape index (κ2) is 7.51. The molecular formula is C19H26N4O. The molecule has 2 aromatic rings.